The number of piperazine rings is 1. The normalized spacial score (nSPS) is 15.4. The molecule has 2 N–H and O–H groups in total. The van der Waals surface area contributed by atoms with Gasteiger partial charge in [-0.15, -0.1) is 24.0 Å². The monoisotopic (exact) mass is 568 g/mol. The second-order valence-electron chi connectivity index (χ2n) is 8.00. The van der Waals surface area contributed by atoms with Crippen LogP contribution in [-0.2, 0) is 6.54 Å². The Morgan fingerprint density at radius 3 is 2.61 bits per heavy atom. The van der Waals surface area contributed by atoms with Crippen molar-refractivity contribution in [3.8, 4) is 11.5 Å². The van der Waals surface area contributed by atoms with Crippen LogP contribution in [0.15, 0.2) is 47.6 Å². The third kappa shape index (κ3) is 8.88. The highest BCUT2D eigenvalue weighted by Crippen LogP contribution is 2.20. The topological polar surface area (TPSA) is 74.3 Å². The minimum absolute atomic E-state index is 0. The summed E-state index contributed by atoms with van der Waals surface area (Å²) in [5, 5.41) is 6.68. The third-order valence-electron chi connectivity index (χ3n) is 5.34. The zero-order chi connectivity index (χ0) is 22.8. The van der Waals surface area contributed by atoms with Crippen LogP contribution in [0.3, 0.4) is 0 Å². The number of pyridine rings is 1. The van der Waals surface area contributed by atoms with Crippen molar-refractivity contribution in [1.29, 1.82) is 0 Å². The number of aromatic nitrogens is 1. The summed E-state index contributed by atoms with van der Waals surface area (Å²) >= 11 is 0. The lowest BCUT2D eigenvalue weighted by Crippen LogP contribution is -2.44. The number of nitrogens with zero attached hydrogens (tertiary/aromatic N) is 4. The van der Waals surface area contributed by atoms with E-state index in [1.165, 1.54) is 0 Å². The highest BCUT2D eigenvalue weighted by Gasteiger charge is 2.15. The first kappa shape index (κ1) is 27.0. The van der Waals surface area contributed by atoms with Gasteiger partial charge in [0, 0.05) is 45.0 Å². The Hall–Kier alpha value is -2.27. The van der Waals surface area contributed by atoms with Gasteiger partial charge in [0.2, 0.25) is 0 Å². The molecule has 3 rings (SSSR count). The number of aliphatic imine (C=N–C) groups is 1. The predicted octanol–water partition coefficient (Wildman–Crippen LogP) is 2.98. The van der Waals surface area contributed by atoms with Crippen molar-refractivity contribution >= 4 is 35.8 Å². The van der Waals surface area contributed by atoms with Gasteiger partial charge in [0.25, 0.3) is 0 Å². The van der Waals surface area contributed by atoms with Crippen molar-refractivity contribution in [1.82, 2.24) is 20.5 Å². The average Bonchev–Trinajstić information content (AvgIpc) is 2.81. The van der Waals surface area contributed by atoms with E-state index in [-0.39, 0.29) is 30.1 Å². The van der Waals surface area contributed by atoms with Crippen LogP contribution in [-0.4, -0.2) is 75.4 Å². The van der Waals surface area contributed by atoms with Crippen LogP contribution in [0.1, 0.15) is 19.4 Å². The van der Waals surface area contributed by atoms with Crippen molar-refractivity contribution in [2.24, 2.45) is 4.99 Å². The lowest BCUT2D eigenvalue weighted by Gasteiger charge is -2.33. The summed E-state index contributed by atoms with van der Waals surface area (Å²) < 4.78 is 11.3. The molecule has 1 atom stereocenters. The molecule has 2 aromatic rings. The van der Waals surface area contributed by atoms with Crippen molar-refractivity contribution < 1.29 is 9.47 Å². The molecular weight excluding hydrogens is 531 g/mol. The van der Waals surface area contributed by atoms with Gasteiger partial charge in [0.15, 0.2) is 5.96 Å². The molecule has 0 spiro atoms. The predicted molar refractivity (Wildman–Crippen MR) is 145 cm³/mol. The maximum absolute atomic E-state index is 6.00. The van der Waals surface area contributed by atoms with Gasteiger partial charge in [0.05, 0.1) is 20.2 Å². The summed E-state index contributed by atoms with van der Waals surface area (Å²) in [5.74, 6) is 3.37. The summed E-state index contributed by atoms with van der Waals surface area (Å²) in [4.78, 5) is 14.0. The Kier molecular flexibility index (Phi) is 11.5. The maximum Gasteiger partial charge on any atom is 0.191 e. The Morgan fingerprint density at radius 1 is 1.12 bits per heavy atom. The van der Waals surface area contributed by atoms with Gasteiger partial charge in [-0.1, -0.05) is 6.07 Å². The molecule has 1 aliphatic heterocycles. The number of hydrogen-bond donors (Lipinski definition) is 2. The first-order chi connectivity index (χ1) is 15.6. The number of nitrogens with one attached hydrogen (secondary N) is 2. The molecule has 182 valence electrons. The fourth-order valence-electron chi connectivity index (χ4n) is 3.47. The van der Waals surface area contributed by atoms with E-state index in [4.69, 9.17) is 14.5 Å². The van der Waals surface area contributed by atoms with Gasteiger partial charge < -0.3 is 29.9 Å². The Morgan fingerprint density at radius 2 is 1.88 bits per heavy atom. The van der Waals surface area contributed by atoms with Gasteiger partial charge >= 0.3 is 0 Å². The maximum atomic E-state index is 6.00. The summed E-state index contributed by atoms with van der Waals surface area (Å²) in [7, 11) is 3.81. The number of ether oxygens (including phenoxy) is 2. The molecule has 1 unspecified atom stereocenters. The number of guanidine groups is 1. The van der Waals surface area contributed by atoms with Gasteiger partial charge in [-0.3, -0.25) is 0 Å². The lowest BCUT2D eigenvalue weighted by atomic mass is 10.2. The minimum Gasteiger partial charge on any atom is -0.497 e. The SMILES string of the molecule is CCNC(=NCc1ccnc(N2CCN(C)CC2)c1)NCC(C)Oc1cccc(OC)c1.I. The Bertz CT molecular complexity index is 874. The van der Waals surface area contributed by atoms with Crippen molar-refractivity contribution in [3.05, 3.63) is 48.2 Å². The van der Waals surface area contributed by atoms with Crippen LogP contribution >= 0.6 is 24.0 Å². The zero-order valence-corrected chi connectivity index (χ0v) is 22.4. The molecule has 1 aromatic heterocycles. The Labute approximate surface area is 214 Å². The van der Waals surface area contributed by atoms with E-state index in [0.717, 1.165) is 61.6 Å². The quantitative estimate of drug-likeness (QED) is 0.274. The van der Waals surface area contributed by atoms with E-state index >= 15 is 0 Å². The second-order valence-corrected chi connectivity index (χ2v) is 8.00. The lowest BCUT2D eigenvalue weighted by molar-refractivity contribution is 0.223. The number of anilines is 1. The third-order valence-corrected chi connectivity index (χ3v) is 5.34. The Balaban J connectivity index is 0.00000385. The molecule has 0 aliphatic carbocycles. The molecule has 8 nitrogen and oxygen atoms in total. The number of hydrogen-bond acceptors (Lipinski definition) is 6. The first-order valence-corrected chi connectivity index (χ1v) is 11.3. The number of benzene rings is 1. The minimum atomic E-state index is -0.0317. The van der Waals surface area contributed by atoms with Crippen molar-refractivity contribution in [2.45, 2.75) is 26.5 Å². The van der Waals surface area contributed by atoms with E-state index in [1.807, 2.05) is 43.5 Å². The van der Waals surface area contributed by atoms with E-state index in [9.17, 15) is 0 Å². The van der Waals surface area contributed by atoms with Crippen LogP contribution in [0.5, 0.6) is 11.5 Å². The van der Waals surface area contributed by atoms with E-state index in [2.05, 4.69) is 45.5 Å². The first-order valence-electron chi connectivity index (χ1n) is 11.3. The van der Waals surface area contributed by atoms with Crippen molar-refractivity contribution in [3.63, 3.8) is 0 Å². The highest BCUT2D eigenvalue weighted by atomic mass is 127. The summed E-state index contributed by atoms with van der Waals surface area (Å²) in [5.41, 5.74) is 1.15. The largest absolute Gasteiger partial charge is 0.497 e. The molecule has 1 saturated heterocycles. The van der Waals surface area contributed by atoms with E-state index in [1.54, 1.807) is 7.11 Å². The molecule has 1 fully saturated rings. The standard InChI is InChI=1S/C24H36N6O2.HI/c1-5-25-24(27-17-19(2)32-22-8-6-7-21(16-22)31-4)28-18-20-9-10-26-23(15-20)30-13-11-29(3)12-14-30;/h6-10,15-16,19H,5,11-14,17-18H2,1-4H3,(H2,25,27,28);1H. The van der Waals surface area contributed by atoms with E-state index < -0.39 is 0 Å². The molecule has 0 saturated carbocycles. The van der Waals surface area contributed by atoms with Gasteiger partial charge in [-0.2, -0.15) is 0 Å². The summed E-state index contributed by atoms with van der Waals surface area (Å²) in [6, 6.07) is 11.8. The fraction of sp³-hybridized carbons (Fsp3) is 0.500. The summed E-state index contributed by atoms with van der Waals surface area (Å²) in [6.07, 6.45) is 1.85. The molecule has 0 radical (unpaired) electrons. The molecule has 1 aromatic carbocycles. The molecule has 0 amide bonds. The average molecular weight is 569 g/mol. The van der Waals surface area contributed by atoms with Gasteiger partial charge in [-0.05, 0) is 50.7 Å². The molecule has 2 heterocycles. The number of halogens is 1. The molecule has 33 heavy (non-hydrogen) atoms. The zero-order valence-electron chi connectivity index (χ0n) is 20.1. The second kappa shape index (κ2) is 14.1. The van der Waals surface area contributed by atoms with Gasteiger partial charge in [0.1, 0.15) is 23.4 Å². The smallest absolute Gasteiger partial charge is 0.191 e. The number of likely N-dealkylation sites (N-methyl/N-ethyl adjacent to an activating group) is 1. The summed E-state index contributed by atoms with van der Waals surface area (Å²) in [6.45, 7) is 10.2. The molecule has 9 heteroatoms. The van der Waals surface area contributed by atoms with Crippen LogP contribution in [0.25, 0.3) is 0 Å². The molecular formula is C24H37IN6O2. The van der Waals surface area contributed by atoms with Crippen LogP contribution in [0, 0.1) is 0 Å². The number of methoxy groups -OCH3 is 1. The fourth-order valence-corrected chi connectivity index (χ4v) is 3.47. The van der Waals surface area contributed by atoms with Crippen LogP contribution < -0.4 is 25.0 Å². The van der Waals surface area contributed by atoms with E-state index in [0.29, 0.717) is 13.1 Å². The number of rotatable bonds is 9. The van der Waals surface area contributed by atoms with Crippen molar-refractivity contribution in [2.75, 3.05) is 58.3 Å². The van der Waals surface area contributed by atoms with Gasteiger partial charge in [-0.25, -0.2) is 9.98 Å². The van der Waals surface area contributed by atoms with Crippen LogP contribution in [0.4, 0.5) is 5.82 Å². The molecule has 0 bridgehead atoms. The highest BCUT2D eigenvalue weighted by molar-refractivity contribution is 14.0. The van der Waals surface area contributed by atoms with Crippen LogP contribution in [0.2, 0.25) is 0 Å². The molecule has 1 aliphatic rings.